The smallest absolute Gasteiger partial charge is 0.470 e. The number of ether oxygens (including phenoxy) is 5. The minimum absolute atomic E-state index is 0.00786. The number of nitrogens with zero attached hydrogens (tertiary/aromatic N) is 5. The molecule has 5 aromatic rings. The number of sulfonamides is 1. The van der Waals surface area contributed by atoms with Crippen molar-refractivity contribution in [2.45, 2.75) is 126 Å². The summed E-state index contributed by atoms with van der Waals surface area (Å²) in [7, 11) is -9.52. The molecule has 80 heavy (non-hydrogen) atoms. The normalized spacial score (nSPS) is 27.7. The van der Waals surface area contributed by atoms with Gasteiger partial charge in [0.15, 0.2) is 11.4 Å². The van der Waals surface area contributed by atoms with Crippen molar-refractivity contribution in [1.82, 2.24) is 19.6 Å². The molecular weight excluding hydrogens is 1070 g/mol. The van der Waals surface area contributed by atoms with E-state index in [0.717, 1.165) is 67.3 Å². The molecule has 5 fully saturated rings. The molecule has 3 saturated heterocycles. The molecule has 1 spiro atoms. The Morgan fingerprint density at radius 2 is 1.73 bits per heavy atom. The average molecular weight is 1140 g/mol. The number of fused-ring (bicyclic) bond motifs is 4. The molecule has 22 nitrogen and oxygen atoms in total. The standard InChI is InChI=1S/C56H69N8O14PS/c1-33(2)76-48-8-6-5-7-39(48)47-31-74-24-22-62(47)46-29-56(34(46)3)17-20-61(21-18-56)37-9-10-40(43(26-37)63-42-14-23-73-32-50(42)77-54-45(63)25-36-13-19-57-52(36)59-54)53(65)60-80(71,72)38-27-44(64(66)67)51-49(28-38)75-30-41(58-51)35-11-15-55(4,16-12-35)78-79(68,69)70/h5-10,13,19,25-28,33-35,41-42,46-47,50,58H,11-12,14-18,20-24,29-32H2,1-4H3,(H,57,59)(H,60,65)(H2,68,69,70)/t34-,35?,41+,42+,46+,47+,50+,55?/m1/s1. The van der Waals surface area contributed by atoms with Crippen LogP contribution in [-0.2, 0) is 28.6 Å². The zero-order chi connectivity index (χ0) is 55.9. The molecule has 428 valence electrons. The lowest BCUT2D eigenvalue weighted by Gasteiger charge is -2.62. The molecule has 2 aliphatic carbocycles. The second-order valence-electron chi connectivity index (χ2n) is 23.3. The van der Waals surface area contributed by atoms with Gasteiger partial charge in [-0.2, -0.15) is 4.98 Å². The number of carbonyl (C=O) groups is 1. The number of pyridine rings is 1. The first kappa shape index (κ1) is 54.5. The number of phosphoric ester groups is 1. The third kappa shape index (κ3) is 10.4. The monoisotopic (exact) mass is 1140 g/mol. The van der Waals surface area contributed by atoms with Gasteiger partial charge in [-0.3, -0.25) is 24.3 Å². The van der Waals surface area contributed by atoms with Gasteiger partial charge in [0.25, 0.3) is 21.6 Å². The SMILES string of the molecule is CC(C)Oc1ccccc1[C@@H]1COCCN1[C@H]1CC2(CCN(c3ccc(C(=O)NS(=O)(=O)c4cc5c(c([N+](=O)[O-])c4)N[C@H](C4CCC(C)(OP(=O)(O)O)CC4)CO5)c(N4c5cc6cc[nH]c6nc5O[C@H]5COCC[C@@H]54)c3)CC2)[C@@H]1C. The van der Waals surface area contributed by atoms with Gasteiger partial charge in [0.05, 0.1) is 70.7 Å². The number of para-hydroxylation sites is 1. The molecule has 7 aliphatic rings. The molecule has 24 heteroatoms. The number of nitro groups is 1. The molecule has 5 aliphatic heterocycles. The van der Waals surface area contributed by atoms with Gasteiger partial charge in [-0.15, -0.1) is 0 Å². The van der Waals surface area contributed by atoms with Gasteiger partial charge in [0.2, 0.25) is 5.88 Å². The van der Waals surface area contributed by atoms with Gasteiger partial charge in [-0.1, -0.05) is 25.1 Å². The number of morpholine rings is 1. The predicted molar refractivity (Wildman–Crippen MR) is 296 cm³/mol. The Morgan fingerprint density at radius 3 is 2.48 bits per heavy atom. The van der Waals surface area contributed by atoms with Crippen molar-refractivity contribution in [2.75, 3.05) is 67.8 Å². The third-order valence-corrected chi connectivity index (χ3v) is 20.1. The number of anilines is 4. The number of hydrogen-bond donors (Lipinski definition) is 5. The summed E-state index contributed by atoms with van der Waals surface area (Å²) in [4.78, 5) is 60.3. The first-order valence-corrected chi connectivity index (χ1v) is 30.8. The highest BCUT2D eigenvalue weighted by Gasteiger charge is 2.55. The zero-order valence-corrected chi connectivity index (χ0v) is 47.0. The number of aromatic amines is 1. The fourth-order valence-corrected chi connectivity index (χ4v) is 15.6. The van der Waals surface area contributed by atoms with E-state index in [9.17, 15) is 37.7 Å². The molecule has 0 radical (unpaired) electrons. The van der Waals surface area contributed by atoms with Crippen LogP contribution in [0.25, 0.3) is 11.0 Å². The average Bonchev–Trinajstić information content (AvgIpc) is 4.05. The Labute approximate surface area is 464 Å². The van der Waals surface area contributed by atoms with Crippen molar-refractivity contribution in [2.24, 2.45) is 17.3 Å². The van der Waals surface area contributed by atoms with Crippen LogP contribution in [0.2, 0.25) is 0 Å². The maximum Gasteiger partial charge on any atom is 0.470 e. The predicted octanol–water partition coefficient (Wildman–Crippen LogP) is 8.36. The number of hydrogen-bond acceptors (Lipinski definition) is 17. The van der Waals surface area contributed by atoms with E-state index in [0.29, 0.717) is 86.8 Å². The van der Waals surface area contributed by atoms with Gasteiger partial charge in [-0.05, 0) is 126 Å². The number of nitrogens with one attached hydrogen (secondary N) is 3. The minimum atomic E-state index is -4.79. The van der Waals surface area contributed by atoms with Gasteiger partial charge < -0.3 is 53.6 Å². The molecule has 2 aromatic heterocycles. The Hall–Kier alpha value is -6.04. The number of piperidine rings is 1. The van der Waals surface area contributed by atoms with Crippen LogP contribution < -0.4 is 34.0 Å². The summed E-state index contributed by atoms with van der Waals surface area (Å²) >= 11 is 0. The first-order chi connectivity index (χ1) is 38.3. The van der Waals surface area contributed by atoms with E-state index >= 15 is 0 Å². The highest BCUT2D eigenvalue weighted by Crippen LogP contribution is 2.58. The van der Waals surface area contributed by atoms with Gasteiger partial charge >= 0.3 is 7.82 Å². The number of nitro benzene ring substituents is 1. The third-order valence-electron chi connectivity index (χ3n) is 18.1. The summed E-state index contributed by atoms with van der Waals surface area (Å²) in [6, 6.07) is 19.4. The lowest BCUT2D eigenvalue weighted by Crippen LogP contribution is -2.63. The van der Waals surface area contributed by atoms with Crippen LogP contribution in [0.1, 0.15) is 101 Å². The maximum atomic E-state index is 14.9. The zero-order valence-electron chi connectivity index (χ0n) is 45.2. The number of aromatic nitrogens is 2. The molecular formula is C56H69N8O14PS. The van der Waals surface area contributed by atoms with Crippen LogP contribution in [-0.4, -0.2) is 133 Å². The lowest BCUT2D eigenvalue weighted by atomic mass is 9.53. The van der Waals surface area contributed by atoms with E-state index in [-0.39, 0.29) is 59.7 Å². The molecule has 1 amide bonds. The van der Waals surface area contributed by atoms with Crippen molar-refractivity contribution in [3.05, 3.63) is 94.2 Å². The van der Waals surface area contributed by atoms with Crippen LogP contribution in [0.3, 0.4) is 0 Å². The maximum absolute atomic E-state index is 14.9. The Bertz CT molecular complexity index is 3360. The van der Waals surface area contributed by atoms with Crippen LogP contribution in [0, 0.1) is 27.4 Å². The Balaban J connectivity index is 0.818. The van der Waals surface area contributed by atoms with Gasteiger partial charge in [0, 0.05) is 67.2 Å². The first-order valence-electron chi connectivity index (χ1n) is 27.8. The van der Waals surface area contributed by atoms with E-state index < -0.39 is 57.0 Å². The highest BCUT2D eigenvalue weighted by atomic mass is 32.2. The largest absolute Gasteiger partial charge is 0.491 e. The van der Waals surface area contributed by atoms with Crippen LogP contribution >= 0.6 is 7.82 Å². The van der Waals surface area contributed by atoms with E-state index in [1.807, 2.05) is 49.1 Å². The van der Waals surface area contributed by atoms with Crippen LogP contribution in [0.15, 0.2) is 77.8 Å². The summed E-state index contributed by atoms with van der Waals surface area (Å²) < 4.78 is 78.9. The Kier molecular flexibility index (Phi) is 14.4. The van der Waals surface area contributed by atoms with E-state index in [4.69, 9.17) is 33.2 Å². The van der Waals surface area contributed by atoms with Crippen molar-refractivity contribution >= 4 is 63.2 Å². The summed E-state index contributed by atoms with van der Waals surface area (Å²) in [6.45, 7) is 12.5. The number of H-pyrrole nitrogens is 1. The number of carbonyl (C=O) groups excluding carboxylic acids is 1. The van der Waals surface area contributed by atoms with E-state index in [1.54, 1.807) is 19.2 Å². The van der Waals surface area contributed by atoms with E-state index in [2.05, 4.69) is 49.9 Å². The number of amides is 1. The van der Waals surface area contributed by atoms with Crippen LogP contribution in [0.5, 0.6) is 17.4 Å². The molecule has 0 bridgehead atoms. The van der Waals surface area contributed by atoms with Crippen molar-refractivity contribution < 1.29 is 60.7 Å². The number of phosphoric acid groups is 1. The molecule has 6 atom stereocenters. The fourth-order valence-electron chi connectivity index (χ4n) is 13.8. The van der Waals surface area contributed by atoms with Crippen molar-refractivity contribution in [3.63, 3.8) is 0 Å². The van der Waals surface area contributed by atoms with Gasteiger partial charge in [0.1, 0.15) is 29.8 Å². The molecule has 0 unspecified atom stereocenters. The molecule has 2 saturated carbocycles. The summed E-state index contributed by atoms with van der Waals surface area (Å²) in [5.74, 6) is 0.540. The second-order valence-corrected chi connectivity index (χ2v) is 26.1. The second kappa shape index (κ2) is 21.1. The lowest BCUT2D eigenvalue weighted by molar-refractivity contribution is -0.384. The van der Waals surface area contributed by atoms with Crippen molar-refractivity contribution in [1.29, 1.82) is 0 Å². The minimum Gasteiger partial charge on any atom is -0.491 e. The summed E-state index contributed by atoms with van der Waals surface area (Å²) in [5.41, 5.74) is 2.26. The summed E-state index contributed by atoms with van der Waals surface area (Å²) in [5, 5.41) is 16.7. The topological polar surface area (TPSA) is 270 Å². The van der Waals surface area contributed by atoms with E-state index in [1.165, 1.54) is 6.07 Å². The Morgan fingerprint density at radius 1 is 0.950 bits per heavy atom. The van der Waals surface area contributed by atoms with Gasteiger partial charge in [-0.25, -0.2) is 17.7 Å². The van der Waals surface area contributed by atoms with Crippen LogP contribution in [0.4, 0.5) is 28.4 Å². The summed E-state index contributed by atoms with van der Waals surface area (Å²) in [6.07, 6.45) is 6.52. The number of rotatable bonds is 13. The highest BCUT2D eigenvalue weighted by molar-refractivity contribution is 7.90. The number of benzene rings is 3. The molecule has 5 N–H and O–H groups in total. The quantitative estimate of drug-likeness (QED) is 0.0421. The molecule has 3 aromatic carbocycles. The van der Waals surface area contributed by atoms with Crippen molar-refractivity contribution in [3.8, 4) is 17.4 Å². The molecule has 7 heterocycles. The molecule has 12 rings (SSSR count). The fraction of sp³-hybridized carbons (Fsp3) is 0.536.